The number of nitrogens with two attached hydrogens (primary N) is 1. The highest BCUT2D eigenvalue weighted by Crippen LogP contribution is 2.59. The van der Waals surface area contributed by atoms with Crippen LogP contribution in [0.1, 0.15) is 43.7 Å². The lowest BCUT2D eigenvalue weighted by molar-refractivity contribution is -0.0474. The van der Waals surface area contributed by atoms with Crippen LogP contribution in [0.2, 0.25) is 0 Å². The second-order valence-corrected chi connectivity index (χ2v) is 7.42. The highest BCUT2D eigenvalue weighted by Gasteiger charge is 2.50. The molecule has 0 spiro atoms. The summed E-state index contributed by atoms with van der Waals surface area (Å²) in [5, 5.41) is 0. The third-order valence-electron chi connectivity index (χ3n) is 6.27. The predicted molar refractivity (Wildman–Crippen MR) is 80.4 cm³/mol. The second kappa shape index (κ2) is 4.98. The van der Waals surface area contributed by atoms with Crippen LogP contribution in [0.15, 0.2) is 18.2 Å². The Morgan fingerprint density at radius 3 is 2.29 bits per heavy atom. The fraction of sp³-hybridized carbons (Fsp3) is 0.667. The van der Waals surface area contributed by atoms with E-state index >= 15 is 0 Å². The molecule has 114 valence electrons. The van der Waals surface area contributed by atoms with Gasteiger partial charge in [0.05, 0.1) is 7.11 Å². The van der Waals surface area contributed by atoms with Gasteiger partial charge in [0, 0.05) is 11.6 Å². The van der Waals surface area contributed by atoms with Crippen LogP contribution >= 0.6 is 0 Å². The van der Waals surface area contributed by atoms with Crippen molar-refractivity contribution in [2.75, 3.05) is 7.11 Å². The average molecular weight is 289 g/mol. The number of hydrogen-bond acceptors (Lipinski definition) is 2. The molecule has 0 aromatic heterocycles. The topological polar surface area (TPSA) is 35.2 Å². The van der Waals surface area contributed by atoms with Crippen LogP contribution in [-0.2, 0) is 0 Å². The summed E-state index contributed by atoms with van der Waals surface area (Å²) < 4.78 is 19.1. The van der Waals surface area contributed by atoms with Gasteiger partial charge in [-0.2, -0.15) is 0 Å². The number of halogens is 1. The van der Waals surface area contributed by atoms with Gasteiger partial charge in [-0.3, -0.25) is 0 Å². The molecule has 3 heteroatoms. The minimum absolute atomic E-state index is 0.0920. The van der Waals surface area contributed by atoms with E-state index in [-0.39, 0.29) is 11.9 Å². The van der Waals surface area contributed by atoms with Crippen LogP contribution in [0.25, 0.3) is 0 Å². The summed E-state index contributed by atoms with van der Waals surface area (Å²) >= 11 is 0. The Morgan fingerprint density at radius 2 is 1.71 bits per heavy atom. The van der Waals surface area contributed by atoms with Crippen LogP contribution < -0.4 is 10.5 Å². The van der Waals surface area contributed by atoms with Crippen LogP contribution in [-0.4, -0.2) is 7.11 Å². The zero-order chi connectivity index (χ0) is 14.6. The van der Waals surface area contributed by atoms with E-state index < -0.39 is 0 Å². The standard InChI is InChI=1S/C18H24FNO/c1-21-16-3-2-14(19)9-15(16)18(20)17-12-5-10-4-11(7-12)8-13(17)6-10/h2-3,9-13,17-18H,4-8,20H2,1H3. The Hall–Kier alpha value is -1.09. The number of hydrogen-bond donors (Lipinski definition) is 1. The van der Waals surface area contributed by atoms with E-state index in [1.165, 1.54) is 38.2 Å². The van der Waals surface area contributed by atoms with Gasteiger partial charge in [-0.25, -0.2) is 4.39 Å². The summed E-state index contributed by atoms with van der Waals surface area (Å²) in [5.74, 6) is 4.38. The van der Waals surface area contributed by atoms with Gasteiger partial charge in [0.15, 0.2) is 0 Å². The second-order valence-electron chi connectivity index (χ2n) is 7.42. The van der Waals surface area contributed by atoms with E-state index in [9.17, 15) is 4.39 Å². The first-order valence-corrected chi connectivity index (χ1v) is 8.24. The van der Waals surface area contributed by atoms with E-state index in [0.717, 1.165) is 35.0 Å². The number of ether oxygens (including phenoxy) is 1. The Bertz CT molecular complexity index is 516. The molecule has 4 aliphatic carbocycles. The third-order valence-corrected chi connectivity index (χ3v) is 6.27. The summed E-state index contributed by atoms with van der Waals surface area (Å²) in [4.78, 5) is 0. The molecule has 1 aromatic rings. The molecule has 2 nitrogen and oxygen atoms in total. The van der Waals surface area contributed by atoms with Crippen molar-refractivity contribution >= 4 is 0 Å². The SMILES string of the molecule is COc1ccc(F)cc1C(N)C1C2CC3CC(C2)CC1C3. The number of benzene rings is 1. The molecule has 0 aliphatic heterocycles. The van der Waals surface area contributed by atoms with Gasteiger partial charge in [-0.1, -0.05) is 0 Å². The van der Waals surface area contributed by atoms with Crippen LogP contribution in [0.4, 0.5) is 4.39 Å². The van der Waals surface area contributed by atoms with Crippen molar-refractivity contribution in [3.8, 4) is 5.75 Å². The fourth-order valence-electron chi connectivity index (χ4n) is 5.73. The van der Waals surface area contributed by atoms with Crippen LogP contribution in [0.3, 0.4) is 0 Å². The molecule has 0 saturated heterocycles. The quantitative estimate of drug-likeness (QED) is 0.915. The molecule has 4 aliphatic rings. The average Bonchev–Trinajstić information content (AvgIpc) is 2.46. The number of methoxy groups -OCH3 is 1. The predicted octanol–water partition coefficient (Wildman–Crippen LogP) is 3.91. The summed E-state index contributed by atoms with van der Waals surface area (Å²) in [6.07, 6.45) is 6.79. The van der Waals surface area contributed by atoms with E-state index in [1.807, 2.05) is 0 Å². The molecule has 1 aromatic carbocycles. The summed E-state index contributed by atoms with van der Waals surface area (Å²) in [7, 11) is 1.64. The molecule has 4 saturated carbocycles. The molecule has 4 bridgehead atoms. The molecule has 1 atom stereocenters. The smallest absolute Gasteiger partial charge is 0.123 e. The van der Waals surface area contributed by atoms with E-state index in [1.54, 1.807) is 19.2 Å². The maximum absolute atomic E-state index is 13.7. The van der Waals surface area contributed by atoms with Crippen molar-refractivity contribution in [1.29, 1.82) is 0 Å². The van der Waals surface area contributed by atoms with Crippen LogP contribution in [0.5, 0.6) is 5.75 Å². The van der Waals surface area contributed by atoms with Crippen LogP contribution in [0, 0.1) is 35.4 Å². The van der Waals surface area contributed by atoms with Gasteiger partial charge in [-0.15, -0.1) is 0 Å². The lowest BCUT2D eigenvalue weighted by Crippen LogP contribution is -2.48. The first kappa shape index (κ1) is 13.6. The molecular weight excluding hydrogens is 265 g/mol. The Balaban J connectivity index is 1.66. The molecule has 0 radical (unpaired) electrons. The zero-order valence-electron chi connectivity index (χ0n) is 12.6. The molecule has 1 unspecified atom stereocenters. The van der Waals surface area contributed by atoms with Gasteiger partial charge in [-0.05, 0) is 79.9 Å². The molecular formula is C18H24FNO. The van der Waals surface area contributed by atoms with Crippen molar-refractivity contribution in [3.63, 3.8) is 0 Å². The first-order chi connectivity index (χ1) is 10.2. The van der Waals surface area contributed by atoms with Gasteiger partial charge in [0.2, 0.25) is 0 Å². The van der Waals surface area contributed by atoms with Gasteiger partial charge in [0.1, 0.15) is 11.6 Å². The molecule has 2 N–H and O–H groups in total. The Labute approximate surface area is 125 Å². The lowest BCUT2D eigenvalue weighted by atomic mass is 9.50. The van der Waals surface area contributed by atoms with Crippen molar-refractivity contribution in [2.24, 2.45) is 35.3 Å². The van der Waals surface area contributed by atoms with Gasteiger partial charge < -0.3 is 10.5 Å². The molecule has 21 heavy (non-hydrogen) atoms. The maximum Gasteiger partial charge on any atom is 0.123 e. The van der Waals surface area contributed by atoms with Gasteiger partial charge in [0.25, 0.3) is 0 Å². The Morgan fingerprint density at radius 1 is 1.10 bits per heavy atom. The van der Waals surface area contributed by atoms with E-state index in [4.69, 9.17) is 10.5 Å². The van der Waals surface area contributed by atoms with Crippen molar-refractivity contribution in [3.05, 3.63) is 29.6 Å². The van der Waals surface area contributed by atoms with E-state index in [2.05, 4.69) is 0 Å². The minimum atomic E-state index is -0.218. The van der Waals surface area contributed by atoms with E-state index in [0.29, 0.717) is 5.92 Å². The van der Waals surface area contributed by atoms with Crippen molar-refractivity contribution in [2.45, 2.75) is 38.1 Å². The monoisotopic (exact) mass is 289 g/mol. The first-order valence-electron chi connectivity index (χ1n) is 8.24. The zero-order valence-corrected chi connectivity index (χ0v) is 12.6. The maximum atomic E-state index is 13.7. The minimum Gasteiger partial charge on any atom is -0.496 e. The number of rotatable bonds is 3. The molecule has 4 fully saturated rings. The summed E-state index contributed by atoms with van der Waals surface area (Å²) in [5.41, 5.74) is 7.48. The molecule has 5 rings (SSSR count). The lowest BCUT2D eigenvalue weighted by Gasteiger charge is -2.56. The highest BCUT2D eigenvalue weighted by molar-refractivity contribution is 5.37. The third kappa shape index (κ3) is 2.17. The van der Waals surface area contributed by atoms with Crippen molar-refractivity contribution in [1.82, 2.24) is 0 Å². The summed E-state index contributed by atoms with van der Waals surface area (Å²) in [6, 6.07) is 4.65. The molecule has 0 heterocycles. The molecule has 0 amide bonds. The Kier molecular flexibility index (Phi) is 3.21. The van der Waals surface area contributed by atoms with Gasteiger partial charge >= 0.3 is 0 Å². The normalized spacial score (nSPS) is 38.5. The summed E-state index contributed by atoms with van der Waals surface area (Å²) in [6.45, 7) is 0. The highest BCUT2D eigenvalue weighted by atomic mass is 19.1. The largest absolute Gasteiger partial charge is 0.496 e. The van der Waals surface area contributed by atoms with Crippen molar-refractivity contribution < 1.29 is 9.13 Å². The fourth-order valence-corrected chi connectivity index (χ4v) is 5.73.